The maximum atomic E-state index is 6.52. The zero-order chi connectivity index (χ0) is 20.0. The normalized spacial score (nSPS) is 19.6. The summed E-state index contributed by atoms with van der Waals surface area (Å²) in [6.07, 6.45) is 2.64. The predicted molar refractivity (Wildman–Crippen MR) is 110 cm³/mol. The van der Waals surface area contributed by atoms with Crippen LogP contribution in [0.25, 0.3) is 0 Å². The molecule has 1 saturated heterocycles. The van der Waals surface area contributed by atoms with Crippen LogP contribution in [0.4, 0.5) is 0 Å². The molecule has 0 aromatic heterocycles. The molecular formula is C21H38O4Si. The Bertz CT molecular complexity index is 472. The van der Waals surface area contributed by atoms with Gasteiger partial charge in [-0.2, -0.15) is 0 Å². The minimum atomic E-state index is -2.30. The second-order valence-corrected chi connectivity index (χ2v) is 12.0. The molecule has 0 N–H and O–H groups in total. The van der Waals surface area contributed by atoms with Crippen molar-refractivity contribution in [2.45, 2.75) is 85.2 Å². The second kappa shape index (κ2) is 9.99. The molecule has 0 bridgehead atoms. The largest absolute Gasteiger partial charge is 0.351 e. The van der Waals surface area contributed by atoms with Gasteiger partial charge in [-0.05, 0) is 40.0 Å². The number of ether oxygens (including phenoxy) is 4. The first kappa shape index (κ1) is 23.3. The monoisotopic (exact) mass is 382 g/mol. The van der Waals surface area contributed by atoms with E-state index in [1.54, 1.807) is 0 Å². The lowest BCUT2D eigenvalue weighted by molar-refractivity contribution is -0.435. The van der Waals surface area contributed by atoms with Crippen molar-refractivity contribution in [1.29, 1.82) is 0 Å². The lowest BCUT2D eigenvalue weighted by Gasteiger charge is -2.43. The fraction of sp³-hybridized carbons (Fsp3) is 0.714. The standard InChI is InChI=1S/C21H38O4Si/c1-10-19(25-21(12-3)22-14-13-15-23-21)24-20(11-2)26(16(4)5,17(6)7)18(8)9/h19-20H,4,6,8,10-15H2,1-3,5,7,9H3. The zero-order valence-corrected chi connectivity index (χ0v) is 18.7. The van der Waals surface area contributed by atoms with E-state index < -0.39 is 20.3 Å². The van der Waals surface area contributed by atoms with Crippen LogP contribution in [0.3, 0.4) is 0 Å². The van der Waals surface area contributed by atoms with Gasteiger partial charge in [0.05, 0.1) is 18.9 Å². The first-order valence-corrected chi connectivity index (χ1v) is 11.9. The Kier molecular flexibility index (Phi) is 8.96. The lowest BCUT2D eigenvalue weighted by Crippen LogP contribution is -2.55. The quantitative estimate of drug-likeness (QED) is 0.356. The Morgan fingerprint density at radius 3 is 1.81 bits per heavy atom. The van der Waals surface area contributed by atoms with Crippen molar-refractivity contribution in [2.75, 3.05) is 13.2 Å². The maximum absolute atomic E-state index is 6.52. The summed E-state index contributed by atoms with van der Waals surface area (Å²) in [7, 11) is -2.30. The van der Waals surface area contributed by atoms with E-state index in [2.05, 4.69) is 54.4 Å². The predicted octanol–water partition coefficient (Wildman–Crippen LogP) is 5.37. The van der Waals surface area contributed by atoms with Crippen LogP contribution in [0.15, 0.2) is 35.3 Å². The average molecular weight is 383 g/mol. The molecule has 4 nitrogen and oxygen atoms in total. The van der Waals surface area contributed by atoms with Gasteiger partial charge in [-0.15, -0.1) is 19.7 Å². The highest BCUT2D eigenvalue weighted by molar-refractivity contribution is 6.98. The maximum Gasteiger partial charge on any atom is 0.284 e. The van der Waals surface area contributed by atoms with Crippen LogP contribution >= 0.6 is 0 Å². The van der Waals surface area contributed by atoms with Crippen molar-refractivity contribution < 1.29 is 18.9 Å². The van der Waals surface area contributed by atoms with Gasteiger partial charge in [0.1, 0.15) is 0 Å². The first-order chi connectivity index (χ1) is 12.2. The third kappa shape index (κ3) is 4.76. The average Bonchev–Trinajstić information content (AvgIpc) is 2.60. The Morgan fingerprint density at radius 2 is 1.46 bits per heavy atom. The van der Waals surface area contributed by atoms with Crippen LogP contribution in [0, 0.1) is 0 Å². The van der Waals surface area contributed by atoms with Crippen molar-refractivity contribution in [3.05, 3.63) is 35.3 Å². The summed E-state index contributed by atoms with van der Waals surface area (Å²) in [5, 5.41) is 3.36. The molecule has 1 fully saturated rings. The van der Waals surface area contributed by atoms with Gasteiger partial charge in [-0.1, -0.05) is 36.4 Å². The van der Waals surface area contributed by atoms with Crippen molar-refractivity contribution in [3.8, 4) is 0 Å². The molecule has 1 aliphatic rings. The summed E-state index contributed by atoms with van der Waals surface area (Å²) < 4.78 is 24.4. The van der Waals surface area contributed by atoms with E-state index in [-0.39, 0.29) is 5.73 Å². The Hall–Kier alpha value is -0.723. The number of hydrogen-bond acceptors (Lipinski definition) is 4. The molecule has 0 amide bonds. The lowest BCUT2D eigenvalue weighted by atomic mass is 10.3. The minimum absolute atomic E-state index is 0.0301. The Balaban J connectivity index is 3.09. The van der Waals surface area contributed by atoms with Crippen molar-refractivity contribution in [3.63, 3.8) is 0 Å². The van der Waals surface area contributed by atoms with E-state index in [0.717, 1.165) is 28.4 Å². The van der Waals surface area contributed by atoms with Crippen molar-refractivity contribution >= 4 is 8.07 Å². The molecule has 26 heavy (non-hydrogen) atoms. The van der Waals surface area contributed by atoms with Gasteiger partial charge in [-0.25, -0.2) is 0 Å². The summed E-state index contributed by atoms with van der Waals surface area (Å²) in [5.41, 5.74) is -0.0301. The summed E-state index contributed by atoms with van der Waals surface area (Å²) in [5.74, 6) is -1.00. The topological polar surface area (TPSA) is 36.9 Å². The fourth-order valence-corrected chi connectivity index (χ4v) is 8.73. The number of allylic oxidation sites excluding steroid dienone is 3. The smallest absolute Gasteiger partial charge is 0.284 e. The van der Waals surface area contributed by atoms with Crippen LogP contribution in [-0.2, 0) is 18.9 Å². The van der Waals surface area contributed by atoms with E-state index >= 15 is 0 Å². The minimum Gasteiger partial charge on any atom is -0.351 e. The van der Waals surface area contributed by atoms with Crippen LogP contribution in [0.1, 0.15) is 67.2 Å². The highest BCUT2D eigenvalue weighted by Crippen LogP contribution is 2.36. The first-order valence-electron chi connectivity index (χ1n) is 9.79. The van der Waals surface area contributed by atoms with Crippen molar-refractivity contribution in [2.24, 2.45) is 0 Å². The molecule has 1 rings (SSSR count). The Morgan fingerprint density at radius 1 is 0.962 bits per heavy atom. The van der Waals surface area contributed by atoms with E-state index in [0.29, 0.717) is 26.1 Å². The highest BCUT2D eigenvalue weighted by Gasteiger charge is 2.46. The van der Waals surface area contributed by atoms with E-state index in [9.17, 15) is 0 Å². The summed E-state index contributed by atoms with van der Waals surface area (Å²) >= 11 is 0. The second-order valence-electron chi connectivity index (χ2n) is 7.22. The molecule has 1 aliphatic heterocycles. The van der Waals surface area contributed by atoms with E-state index in [1.807, 2.05) is 6.92 Å². The molecule has 1 heterocycles. The summed E-state index contributed by atoms with van der Waals surface area (Å²) in [6.45, 7) is 26.6. The van der Waals surface area contributed by atoms with Gasteiger partial charge in [0.15, 0.2) is 14.4 Å². The third-order valence-corrected chi connectivity index (χ3v) is 10.7. The van der Waals surface area contributed by atoms with Gasteiger partial charge in [-0.3, -0.25) is 4.74 Å². The third-order valence-electron chi connectivity index (χ3n) is 5.20. The molecule has 0 spiro atoms. The molecule has 0 radical (unpaired) electrons. The molecule has 0 aromatic carbocycles. The van der Waals surface area contributed by atoms with Crippen LogP contribution in [-0.4, -0.2) is 39.3 Å². The van der Waals surface area contributed by atoms with E-state index in [4.69, 9.17) is 18.9 Å². The fourth-order valence-electron chi connectivity index (χ4n) is 3.92. The molecule has 2 atom stereocenters. The van der Waals surface area contributed by atoms with Gasteiger partial charge in [0.2, 0.25) is 0 Å². The molecule has 0 saturated carbocycles. The number of hydrogen-bond donors (Lipinski definition) is 0. The molecule has 0 aromatic rings. The van der Waals surface area contributed by atoms with E-state index in [1.165, 1.54) is 0 Å². The zero-order valence-electron chi connectivity index (χ0n) is 17.7. The molecule has 5 heteroatoms. The van der Waals surface area contributed by atoms with Gasteiger partial charge < -0.3 is 14.2 Å². The SMILES string of the molecule is C=C(C)[Si](C(=C)C)(C(=C)C)C(CC)OC(CC)OC1(CC)OCCCO1. The summed E-state index contributed by atoms with van der Waals surface area (Å²) in [4.78, 5) is 0. The highest BCUT2D eigenvalue weighted by atomic mass is 28.3. The molecular weight excluding hydrogens is 344 g/mol. The van der Waals surface area contributed by atoms with Crippen LogP contribution in [0.5, 0.6) is 0 Å². The van der Waals surface area contributed by atoms with Gasteiger partial charge in [0.25, 0.3) is 5.97 Å². The van der Waals surface area contributed by atoms with Gasteiger partial charge >= 0.3 is 0 Å². The number of rotatable bonds is 11. The molecule has 150 valence electrons. The van der Waals surface area contributed by atoms with Gasteiger partial charge in [0, 0.05) is 6.42 Å². The van der Waals surface area contributed by atoms with Crippen LogP contribution in [0.2, 0.25) is 0 Å². The molecule has 0 aliphatic carbocycles. The van der Waals surface area contributed by atoms with Crippen molar-refractivity contribution in [1.82, 2.24) is 0 Å². The Labute approximate surface area is 161 Å². The van der Waals surface area contributed by atoms with Crippen LogP contribution < -0.4 is 0 Å². The summed E-state index contributed by atoms with van der Waals surface area (Å²) in [6, 6.07) is 0. The molecule has 2 unspecified atom stereocenters.